The highest BCUT2D eigenvalue weighted by atomic mass is 15.2. The molecule has 0 saturated carbocycles. The average molecular weight is 239 g/mol. The van der Waals surface area contributed by atoms with Crippen LogP contribution in [0.3, 0.4) is 0 Å². The van der Waals surface area contributed by atoms with E-state index in [-0.39, 0.29) is 0 Å². The molecule has 2 saturated heterocycles. The van der Waals surface area contributed by atoms with Crippen LogP contribution in [0, 0.1) is 5.92 Å². The zero-order valence-electron chi connectivity index (χ0n) is 11.4. The monoisotopic (exact) mass is 239 g/mol. The molecule has 3 heteroatoms. The van der Waals surface area contributed by atoms with Gasteiger partial charge in [-0.05, 0) is 77.3 Å². The molecule has 2 N–H and O–H groups in total. The Morgan fingerprint density at radius 2 is 1.65 bits per heavy atom. The number of nitrogens with two attached hydrogens (primary N) is 1. The molecule has 0 atom stereocenters. The van der Waals surface area contributed by atoms with E-state index in [4.69, 9.17) is 5.73 Å². The Labute approximate surface area is 106 Å². The smallest absolute Gasteiger partial charge is 0.0120 e. The Morgan fingerprint density at radius 1 is 1.00 bits per heavy atom. The molecule has 17 heavy (non-hydrogen) atoms. The van der Waals surface area contributed by atoms with E-state index in [0.29, 0.717) is 0 Å². The molecule has 2 fully saturated rings. The summed E-state index contributed by atoms with van der Waals surface area (Å²) in [6, 6.07) is 0.872. The maximum atomic E-state index is 5.65. The molecule has 2 rings (SSSR count). The molecular weight excluding hydrogens is 210 g/mol. The third kappa shape index (κ3) is 3.67. The van der Waals surface area contributed by atoms with Gasteiger partial charge in [0.1, 0.15) is 0 Å². The summed E-state index contributed by atoms with van der Waals surface area (Å²) in [6.45, 7) is 9.64. The standard InChI is InChI=1S/C14H29N3/c1-2-16-9-6-14(7-10-16)17-11-4-13(3-8-15)5-12-17/h13-14H,2-12,15H2,1H3. The lowest BCUT2D eigenvalue weighted by atomic mass is 9.91. The maximum absolute atomic E-state index is 5.65. The fourth-order valence-corrected chi connectivity index (χ4v) is 3.44. The molecule has 0 bridgehead atoms. The van der Waals surface area contributed by atoms with E-state index in [1.54, 1.807) is 0 Å². The van der Waals surface area contributed by atoms with Crippen molar-refractivity contribution in [3.63, 3.8) is 0 Å². The largest absolute Gasteiger partial charge is 0.330 e. The third-order valence-corrected chi connectivity index (χ3v) is 4.74. The Hall–Kier alpha value is -0.120. The van der Waals surface area contributed by atoms with E-state index in [1.165, 1.54) is 64.8 Å². The summed E-state index contributed by atoms with van der Waals surface area (Å²) < 4.78 is 0. The summed E-state index contributed by atoms with van der Waals surface area (Å²) in [5.74, 6) is 0.909. The molecule has 3 nitrogen and oxygen atoms in total. The van der Waals surface area contributed by atoms with Crippen LogP contribution in [0.4, 0.5) is 0 Å². The van der Waals surface area contributed by atoms with Gasteiger partial charge in [0.2, 0.25) is 0 Å². The van der Waals surface area contributed by atoms with Crippen molar-refractivity contribution in [2.24, 2.45) is 11.7 Å². The third-order valence-electron chi connectivity index (χ3n) is 4.74. The van der Waals surface area contributed by atoms with Crippen molar-refractivity contribution in [1.29, 1.82) is 0 Å². The van der Waals surface area contributed by atoms with Crippen LogP contribution in [0.1, 0.15) is 39.0 Å². The Kier molecular flexibility index (Phi) is 5.26. The van der Waals surface area contributed by atoms with Crippen molar-refractivity contribution in [3.05, 3.63) is 0 Å². The lowest BCUT2D eigenvalue weighted by molar-refractivity contribution is 0.0784. The molecule has 2 heterocycles. The fourth-order valence-electron chi connectivity index (χ4n) is 3.44. The summed E-state index contributed by atoms with van der Waals surface area (Å²) in [6.07, 6.45) is 6.77. The minimum Gasteiger partial charge on any atom is -0.330 e. The van der Waals surface area contributed by atoms with Gasteiger partial charge in [-0.3, -0.25) is 0 Å². The molecule has 2 aliphatic heterocycles. The molecule has 0 radical (unpaired) electrons. The van der Waals surface area contributed by atoms with Crippen LogP contribution in [-0.2, 0) is 0 Å². The second kappa shape index (κ2) is 6.72. The first kappa shape index (κ1) is 13.3. The minimum atomic E-state index is 0.872. The van der Waals surface area contributed by atoms with Gasteiger partial charge in [0.25, 0.3) is 0 Å². The lowest BCUT2D eigenvalue weighted by Crippen LogP contribution is -2.47. The first-order chi connectivity index (χ1) is 8.33. The van der Waals surface area contributed by atoms with Crippen molar-refractivity contribution in [1.82, 2.24) is 9.80 Å². The fraction of sp³-hybridized carbons (Fsp3) is 1.00. The summed E-state index contributed by atoms with van der Waals surface area (Å²) in [4.78, 5) is 5.33. The van der Waals surface area contributed by atoms with Gasteiger partial charge in [0.05, 0.1) is 0 Å². The van der Waals surface area contributed by atoms with Crippen molar-refractivity contribution in [3.8, 4) is 0 Å². The van der Waals surface area contributed by atoms with Crippen LogP contribution < -0.4 is 5.73 Å². The number of rotatable bonds is 4. The van der Waals surface area contributed by atoms with Crippen LogP contribution in [0.2, 0.25) is 0 Å². The summed E-state index contributed by atoms with van der Waals surface area (Å²) >= 11 is 0. The van der Waals surface area contributed by atoms with E-state index >= 15 is 0 Å². The molecule has 0 aromatic rings. The van der Waals surface area contributed by atoms with E-state index in [2.05, 4.69) is 16.7 Å². The van der Waals surface area contributed by atoms with Gasteiger partial charge in [-0.15, -0.1) is 0 Å². The van der Waals surface area contributed by atoms with Gasteiger partial charge in [0, 0.05) is 6.04 Å². The quantitative estimate of drug-likeness (QED) is 0.807. The second-order valence-corrected chi connectivity index (χ2v) is 5.72. The number of nitrogens with zero attached hydrogens (tertiary/aromatic N) is 2. The topological polar surface area (TPSA) is 32.5 Å². The summed E-state index contributed by atoms with van der Waals surface area (Å²) in [5, 5.41) is 0. The Bertz CT molecular complexity index is 204. The van der Waals surface area contributed by atoms with Gasteiger partial charge in [-0.25, -0.2) is 0 Å². The summed E-state index contributed by atoms with van der Waals surface area (Å²) in [7, 11) is 0. The number of likely N-dealkylation sites (tertiary alicyclic amines) is 2. The molecule has 100 valence electrons. The van der Waals surface area contributed by atoms with Crippen LogP contribution in [-0.4, -0.2) is 55.1 Å². The molecule has 0 aliphatic carbocycles. The van der Waals surface area contributed by atoms with E-state index in [0.717, 1.165) is 18.5 Å². The van der Waals surface area contributed by atoms with E-state index in [9.17, 15) is 0 Å². The van der Waals surface area contributed by atoms with E-state index in [1.807, 2.05) is 0 Å². The zero-order chi connectivity index (χ0) is 12.1. The molecular formula is C14H29N3. The predicted octanol–water partition coefficient (Wildman–Crippen LogP) is 1.53. The van der Waals surface area contributed by atoms with Crippen molar-refractivity contribution >= 4 is 0 Å². The van der Waals surface area contributed by atoms with Gasteiger partial charge >= 0.3 is 0 Å². The van der Waals surface area contributed by atoms with E-state index < -0.39 is 0 Å². The van der Waals surface area contributed by atoms with Crippen LogP contribution in [0.5, 0.6) is 0 Å². The molecule has 2 aliphatic rings. The number of hydrogen-bond donors (Lipinski definition) is 1. The van der Waals surface area contributed by atoms with Crippen LogP contribution in [0.25, 0.3) is 0 Å². The lowest BCUT2D eigenvalue weighted by Gasteiger charge is -2.41. The van der Waals surface area contributed by atoms with Gasteiger partial charge < -0.3 is 15.5 Å². The van der Waals surface area contributed by atoms with Crippen molar-refractivity contribution in [2.45, 2.75) is 45.1 Å². The first-order valence-electron chi connectivity index (χ1n) is 7.50. The highest BCUT2D eigenvalue weighted by Crippen LogP contribution is 2.25. The normalized spacial score (nSPS) is 26.5. The summed E-state index contributed by atoms with van der Waals surface area (Å²) in [5.41, 5.74) is 5.65. The molecule has 0 aromatic heterocycles. The second-order valence-electron chi connectivity index (χ2n) is 5.72. The number of hydrogen-bond acceptors (Lipinski definition) is 3. The SMILES string of the molecule is CCN1CCC(N2CCC(CCN)CC2)CC1. The van der Waals surface area contributed by atoms with Gasteiger partial charge in [-0.2, -0.15) is 0 Å². The van der Waals surface area contributed by atoms with Gasteiger partial charge in [-0.1, -0.05) is 6.92 Å². The number of piperidine rings is 2. The molecule has 0 aromatic carbocycles. The highest BCUT2D eigenvalue weighted by Gasteiger charge is 2.27. The minimum absolute atomic E-state index is 0.872. The average Bonchev–Trinajstić information content (AvgIpc) is 2.40. The zero-order valence-corrected chi connectivity index (χ0v) is 11.4. The Morgan fingerprint density at radius 3 is 2.18 bits per heavy atom. The van der Waals surface area contributed by atoms with Crippen molar-refractivity contribution < 1.29 is 0 Å². The highest BCUT2D eigenvalue weighted by molar-refractivity contribution is 4.83. The molecule has 0 amide bonds. The van der Waals surface area contributed by atoms with Crippen molar-refractivity contribution in [2.75, 3.05) is 39.3 Å². The van der Waals surface area contributed by atoms with Gasteiger partial charge in [0.15, 0.2) is 0 Å². The van der Waals surface area contributed by atoms with Crippen LogP contribution in [0.15, 0.2) is 0 Å². The molecule has 0 unspecified atom stereocenters. The molecule has 0 spiro atoms. The predicted molar refractivity (Wildman–Crippen MR) is 73.1 cm³/mol. The van der Waals surface area contributed by atoms with Crippen LogP contribution >= 0.6 is 0 Å². The first-order valence-corrected chi connectivity index (χ1v) is 7.50. The Balaban J connectivity index is 1.70. The maximum Gasteiger partial charge on any atom is 0.0120 e.